The van der Waals surface area contributed by atoms with Crippen LogP contribution in [0.4, 0.5) is 4.39 Å². The zero-order valence-electron chi connectivity index (χ0n) is 9.36. The van der Waals surface area contributed by atoms with E-state index in [0.29, 0.717) is 5.92 Å². The van der Waals surface area contributed by atoms with E-state index in [4.69, 9.17) is 0 Å². The highest BCUT2D eigenvalue weighted by atomic mass is 19.1. The van der Waals surface area contributed by atoms with Crippen molar-refractivity contribution in [1.82, 2.24) is 0 Å². The lowest BCUT2D eigenvalue weighted by atomic mass is 9.94. The molecule has 0 fully saturated rings. The first-order valence-corrected chi connectivity index (χ1v) is 5.55. The molecular weight excluding hydrogens is 199 g/mol. The van der Waals surface area contributed by atoms with Crippen LogP contribution in [0.25, 0.3) is 0 Å². The molecule has 0 spiro atoms. The maximum atomic E-state index is 12.7. The second kappa shape index (κ2) is 4.93. The summed E-state index contributed by atoms with van der Waals surface area (Å²) in [4.78, 5) is 0. The predicted octanol–water partition coefficient (Wildman–Crippen LogP) is 4.17. The molecule has 0 saturated heterocycles. The summed E-state index contributed by atoms with van der Waals surface area (Å²) < 4.78 is 12.7. The molecule has 82 valence electrons. The van der Waals surface area contributed by atoms with Crippen LogP contribution in [-0.4, -0.2) is 0 Å². The molecule has 0 bridgehead atoms. The fourth-order valence-corrected chi connectivity index (χ4v) is 1.87. The zero-order valence-corrected chi connectivity index (χ0v) is 9.36. The average molecular weight is 214 g/mol. The SMILES string of the molecule is C[C@@H](Cc1ccc(F)cc1)c1ccccc1. The number of benzene rings is 2. The fraction of sp³-hybridized carbons (Fsp3) is 0.200. The van der Waals surface area contributed by atoms with Crippen LogP contribution < -0.4 is 0 Å². The van der Waals surface area contributed by atoms with Gasteiger partial charge in [-0.1, -0.05) is 49.4 Å². The van der Waals surface area contributed by atoms with Gasteiger partial charge in [0.05, 0.1) is 0 Å². The minimum atomic E-state index is -0.170. The van der Waals surface area contributed by atoms with Crippen molar-refractivity contribution in [3.63, 3.8) is 0 Å². The first-order valence-electron chi connectivity index (χ1n) is 5.55. The molecule has 0 aliphatic rings. The third kappa shape index (κ3) is 2.69. The van der Waals surface area contributed by atoms with E-state index in [2.05, 4.69) is 31.2 Å². The Hall–Kier alpha value is -1.63. The summed E-state index contributed by atoms with van der Waals surface area (Å²) in [6.07, 6.45) is 0.949. The van der Waals surface area contributed by atoms with E-state index < -0.39 is 0 Å². The molecule has 0 aromatic heterocycles. The Labute approximate surface area is 95.7 Å². The molecule has 0 N–H and O–H groups in total. The Morgan fingerprint density at radius 1 is 0.938 bits per heavy atom. The highest BCUT2D eigenvalue weighted by Crippen LogP contribution is 2.19. The molecule has 0 radical (unpaired) electrons. The highest BCUT2D eigenvalue weighted by Gasteiger charge is 2.05. The monoisotopic (exact) mass is 214 g/mol. The Morgan fingerprint density at radius 3 is 2.19 bits per heavy atom. The van der Waals surface area contributed by atoms with Crippen LogP contribution >= 0.6 is 0 Å². The average Bonchev–Trinajstić information content (AvgIpc) is 2.33. The molecule has 0 unspecified atom stereocenters. The lowest BCUT2D eigenvalue weighted by Gasteiger charge is -2.11. The minimum absolute atomic E-state index is 0.170. The van der Waals surface area contributed by atoms with Crippen LogP contribution in [-0.2, 0) is 6.42 Å². The molecule has 0 nitrogen and oxygen atoms in total. The van der Waals surface area contributed by atoms with Crippen molar-refractivity contribution < 1.29 is 4.39 Å². The third-order valence-corrected chi connectivity index (χ3v) is 2.82. The standard InChI is InChI=1S/C15H15F/c1-12(14-5-3-2-4-6-14)11-13-7-9-15(16)10-8-13/h2-10,12H,11H2,1H3/t12-/m0/s1. The first-order chi connectivity index (χ1) is 7.75. The Balaban J connectivity index is 2.08. The molecule has 0 amide bonds. The number of halogens is 1. The van der Waals surface area contributed by atoms with Crippen molar-refractivity contribution in [2.75, 3.05) is 0 Å². The van der Waals surface area contributed by atoms with E-state index in [9.17, 15) is 4.39 Å². The fourth-order valence-electron chi connectivity index (χ4n) is 1.87. The highest BCUT2D eigenvalue weighted by molar-refractivity contribution is 5.23. The van der Waals surface area contributed by atoms with E-state index in [1.54, 1.807) is 0 Å². The molecule has 1 atom stereocenters. The summed E-state index contributed by atoms with van der Waals surface area (Å²) in [5.41, 5.74) is 2.50. The zero-order chi connectivity index (χ0) is 11.4. The molecule has 16 heavy (non-hydrogen) atoms. The van der Waals surface area contributed by atoms with Gasteiger partial charge in [0.2, 0.25) is 0 Å². The Kier molecular flexibility index (Phi) is 3.35. The van der Waals surface area contributed by atoms with Crippen molar-refractivity contribution >= 4 is 0 Å². The number of rotatable bonds is 3. The second-order valence-corrected chi connectivity index (χ2v) is 4.14. The lowest BCUT2D eigenvalue weighted by Crippen LogP contribution is -1.98. The maximum Gasteiger partial charge on any atom is 0.123 e. The molecule has 2 aromatic carbocycles. The summed E-state index contributed by atoms with van der Waals surface area (Å²) in [5, 5.41) is 0. The van der Waals surface area contributed by atoms with Crippen LogP contribution in [0.5, 0.6) is 0 Å². The third-order valence-electron chi connectivity index (χ3n) is 2.82. The first kappa shape index (κ1) is 10.9. The summed E-state index contributed by atoms with van der Waals surface area (Å²) in [6.45, 7) is 2.19. The lowest BCUT2D eigenvalue weighted by molar-refractivity contribution is 0.626. The van der Waals surface area contributed by atoms with Gasteiger partial charge < -0.3 is 0 Å². The quantitative estimate of drug-likeness (QED) is 0.719. The van der Waals surface area contributed by atoms with E-state index in [1.807, 2.05) is 18.2 Å². The molecule has 0 saturated carbocycles. The van der Waals surface area contributed by atoms with Crippen LogP contribution in [0.15, 0.2) is 54.6 Å². The molecular formula is C15H15F. The molecule has 0 aliphatic carbocycles. The maximum absolute atomic E-state index is 12.7. The van der Waals surface area contributed by atoms with Gasteiger partial charge in [-0.25, -0.2) is 4.39 Å². The van der Waals surface area contributed by atoms with Crippen LogP contribution in [0.1, 0.15) is 24.0 Å². The van der Waals surface area contributed by atoms with Gasteiger partial charge in [0, 0.05) is 0 Å². The molecule has 0 aliphatic heterocycles. The summed E-state index contributed by atoms with van der Waals surface area (Å²) >= 11 is 0. The van der Waals surface area contributed by atoms with Crippen LogP contribution in [0.3, 0.4) is 0 Å². The smallest absolute Gasteiger partial charge is 0.123 e. The van der Waals surface area contributed by atoms with Crippen LogP contribution in [0.2, 0.25) is 0 Å². The van der Waals surface area contributed by atoms with Gasteiger partial charge in [-0.15, -0.1) is 0 Å². The van der Waals surface area contributed by atoms with E-state index in [-0.39, 0.29) is 5.82 Å². The van der Waals surface area contributed by atoms with Gasteiger partial charge in [0.15, 0.2) is 0 Å². The van der Waals surface area contributed by atoms with Gasteiger partial charge in [-0.05, 0) is 35.6 Å². The Bertz CT molecular complexity index is 431. The number of hydrogen-bond acceptors (Lipinski definition) is 0. The van der Waals surface area contributed by atoms with Crippen molar-refractivity contribution in [3.8, 4) is 0 Å². The predicted molar refractivity (Wildman–Crippen MR) is 65.0 cm³/mol. The number of hydrogen-bond donors (Lipinski definition) is 0. The van der Waals surface area contributed by atoms with E-state index in [0.717, 1.165) is 6.42 Å². The van der Waals surface area contributed by atoms with Gasteiger partial charge in [0.1, 0.15) is 5.82 Å². The van der Waals surface area contributed by atoms with E-state index in [1.165, 1.54) is 23.3 Å². The van der Waals surface area contributed by atoms with Crippen molar-refractivity contribution in [2.24, 2.45) is 0 Å². The van der Waals surface area contributed by atoms with Gasteiger partial charge in [-0.3, -0.25) is 0 Å². The normalized spacial score (nSPS) is 12.4. The molecule has 1 heteroatoms. The summed E-state index contributed by atoms with van der Waals surface area (Å²) in [7, 11) is 0. The minimum Gasteiger partial charge on any atom is -0.207 e. The topological polar surface area (TPSA) is 0 Å². The molecule has 0 heterocycles. The second-order valence-electron chi connectivity index (χ2n) is 4.14. The molecule has 2 rings (SSSR count). The van der Waals surface area contributed by atoms with Crippen molar-refractivity contribution in [2.45, 2.75) is 19.3 Å². The van der Waals surface area contributed by atoms with Crippen molar-refractivity contribution in [3.05, 3.63) is 71.5 Å². The Morgan fingerprint density at radius 2 is 1.56 bits per heavy atom. The summed E-state index contributed by atoms with van der Waals surface area (Å²) in [5.74, 6) is 0.294. The summed E-state index contributed by atoms with van der Waals surface area (Å²) in [6, 6.07) is 17.1. The largest absolute Gasteiger partial charge is 0.207 e. The van der Waals surface area contributed by atoms with Crippen molar-refractivity contribution in [1.29, 1.82) is 0 Å². The molecule has 2 aromatic rings. The van der Waals surface area contributed by atoms with Gasteiger partial charge in [-0.2, -0.15) is 0 Å². The van der Waals surface area contributed by atoms with Crippen LogP contribution in [0, 0.1) is 5.82 Å². The van der Waals surface area contributed by atoms with Gasteiger partial charge in [0.25, 0.3) is 0 Å². The van der Waals surface area contributed by atoms with E-state index >= 15 is 0 Å². The van der Waals surface area contributed by atoms with Gasteiger partial charge >= 0.3 is 0 Å².